The van der Waals surface area contributed by atoms with E-state index < -0.39 is 0 Å². The molecular formula is C16H22N4S. The highest BCUT2D eigenvalue weighted by Crippen LogP contribution is 2.27. The highest BCUT2D eigenvalue weighted by Gasteiger charge is 2.21. The molecule has 0 amide bonds. The standard InChI is InChI=1S/C16H22N4S/c1-16(2,14-7-5-11-21-14)12-20-15(17)19-10-8-13-6-3-4-9-18-13/h3-7,9,11H,8,10,12H2,1-2H3,(H3,17,19,20). The fourth-order valence-corrected chi connectivity index (χ4v) is 2.79. The van der Waals surface area contributed by atoms with Crippen LogP contribution in [0.4, 0.5) is 0 Å². The molecule has 2 heterocycles. The third-order valence-corrected chi connectivity index (χ3v) is 4.48. The zero-order chi connectivity index (χ0) is 15.1. The van der Waals surface area contributed by atoms with Gasteiger partial charge in [0.15, 0.2) is 5.96 Å². The molecule has 0 bridgehead atoms. The van der Waals surface area contributed by atoms with Crippen LogP contribution >= 0.6 is 11.3 Å². The number of nitrogens with zero attached hydrogens (tertiary/aromatic N) is 2. The maximum Gasteiger partial charge on any atom is 0.188 e. The summed E-state index contributed by atoms with van der Waals surface area (Å²) in [6.07, 6.45) is 2.64. The Kier molecular flexibility index (Phi) is 5.33. The molecular weight excluding hydrogens is 280 g/mol. The molecule has 0 aromatic carbocycles. The summed E-state index contributed by atoms with van der Waals surface area (Å²) >= 11 is 1.76. The SMILES string of the molecule is CC(C)(CN=C(N)NCCc1ccccn1)c1cccs1. The van der Waals surface area contributed by atoms with Crippen LogP contribution in [-0.4, -0.2) is 24.0 Å². The molecule has 0 unspecified atom stereocenters. The second-order valence-electron chi connectivity index (χ2n) is 5.56. The van der Waals surface area contributed by atoms with Crippen LogP contribution in [0.3, 0.4) is 0 Å². The lowest BCUT2D eigenvalue weighted by Crippen LogP contribution is -2.35. The van der Waals surface area contributed by atoms with E-state index in [1.54, 1.807) is 17.5 Å². The molecule has 112 valence electrons. The number of nitrogens with one attached hydrogen (secondary N) is 1. The van der Waals surface area contributed by atoms with Gasteiger partial charge in [-0.3, -0.25) is 9.98 Å². The van der Waals surface area contributed by atoms with E-state index in [2.05, 4.69) is 46.7 Å². The minimum atomic E-state index is 0.0153. The molecule has 0 aliphatic carbocycles. The Labute approximate surface area is 130 Å². The van der Waals surface area contributed by atoms with Gasteiger partial charge in [-0.05, 0) is 23.6 Å². The molecule has 0 aliphatic rings. The fraction of sp³-hybridized carbons (Fsp3) is 0.375. The average Bonchev–Trinajstić information content (AvgIpc) is 3.01. The Morgan fingerprint density at radius 2 is 2.19 bits per heavy atom. The molecule has 0 atom stereocenters. The van der Waals surface area contributed by atoms with Crippen LogP contribution in [0, 0.1) is 0 Å². The number of rotatable bonds is 6. The normalized spacial score (nSPS) is 12.4. The van der Waals surface area contributed by atoms with Gasteiger partial charge in [0, 0.05) is 35.1 Å². The first-order valence-electron chi connectivity index (χ1n) is 7.05. The molecule has 0 saturated carbocycles. The highest BCUT2D eigenvalue weighted by atomic mass is 32.1. The third kappa shape index (κ3) is 4.86. The van der Waals surface area contributed by atoms with E-state index in [1.165, 1.54) is 4.88 Å². The van der Waals surface area contributed by atoms with Crippen molar-refractivity contribution in [2.75, 3.05) is 13.1 Å². The zero-order valence-corrected chi connectivity index (χ0v) is 13.4. The molecule has 3 N–H and O–H groups in total. The third-order valence-electron chi connectivity index (χ3n) is 3.25. The van der Waals surface area contributed by atoms with Crippen molar-refractivity contribution in [3.8, 4) is 0 Å². The van der Waals surface area contributed by atoms with Crippen LogP contribution in [0.5, 0.6) is 0 Å². The van der Waals surface area contributed by atoms with E-state index in [0.717, 1.165) is 18.7 Å². The van der Waals surface area contributed by atoms with Crippen molar-refractivity contribution in [3.63, 3.8) is 0 Å². The van der Waals surface area contributed by atoms with Crippen molar-refractivity contribution in [3.05, 3.63) is 52.5 Å². The summed E-state index contributed by atoms with van der Waals surface area (Å²) in [7, 11) is 0. The number of aliphatic imine (C=N–C) groups is 1. The van der Waals surface area contributed by atoms with Gasteiger partial charge in [0.05, 0.1) is 6.54 Å². The Morgan fingerprint density at radius 1 is 1.33 bits per heavy atom. The molecule has 4 nitrogen and oxygen atoms in total. The minimum absolute atomic E-state index is 0.0153. The number of hydrogen-bond donors (Lipinski definition) is 2. The molecule has 0 radical (unpaired) electrons. The largest absolute Gasteiger partial charge is 0.370 e. The number of aromatic nitrogens is 1. The Bertz CT molecular complexity index is 561. The van der Waals surface area contributed by atoms with Crippen molar-refractivity contribution >= 4 is 17.3 Å². The predicted octanol–water partition coefficient (Wildman–Crippen LogP) is 2.57. The quantitative estimate of drug-likeness (QED) is 0.637. The summed E-state index contributed by atoms with van der Waals surface area (Å²) < 4.78 is 0. The van der Waals surface area contributed by atoms with Gasteiger partial charge in [0.25, 0.3) is 0 Å². The summed E-state index contributed by atoms with van der Waals surface area (Å²) in [6.45, 7) is 5.79. The molecule has 21 heavy (non-hydrogen) atoms. The minimum Gasteiger partial charge on any atom is -0.370 e. The van der Waals surface area contributed by atoms with E-state index in [4.69, 9.17) is 5.73 Å². The van der Waals surface area contributed by atoms with Gasteiger partial charge in [-0.2, -0.15) is 0 Å². The molecule has 2 rings (SSSR count). The molecule has 5 heteroatoms. The maximum atomic E-state index is 5.92. The van der Waals surface area contributed by atoms with Crippen LogP contribution in [0.2, 0.25) is 0 Å². The van der Waals surface area contributed by atoms with E-state index in [1.807, 2.05) is 18.2 Å². The first kappa shape index (κ1) is 15.5. The summed E-state index contributed by atoms with van der Waals surface area (Å²) in [5.41, 5.74) is 6.99. The van der Waals surface area contributed by atoms with E-state index >= 15 is 0 Å². The first-order chi connectivity index (χ1) is 10.1. The number of guanidine groups is 1. The summed E-state index contributed by atoms with van der Waals surface area (Å²) in [5, 5.41) is 5.23. The van der Waals surface area contributed by atoms with Crippen LogP contribution in [0.1, 0.15) is 24.4 Å². The second-order valence-corrected chi connectivity index (χ2v) is 6.51. The van der Waals surface area contributed by atoms with Gasteiger partial charge in [0.1, 0.15) is 0 Å². The van der Waals surface area contributed by atoms with Gasteiger partial charge in [0.2, 0.25) is 0 Å². The summed E-state index contributed by atoms with van der Waals surface area (Å²) in [5.74, 6) is 0.496. The van der Waals surface area contributed by atoms with Crippen LogP contribution in [0.15, 0.2) is 46.9 Å². The van der Waals surface area contributed by atoms with Crippen LogP contribution in [0.25, 0.3) is 0 Å². The van der Waals surface area contributed by atoms with Gasteiger partial charge in [-0.25, -0.2) is 0 Å². The smallest absolute Gasteiger partial charge is 0.188 e. The zero-order valence-electron chi connectivity index (χ0n) is 12.5. The monoisotopic (exact) mass is 302 g/mol. The van der Waals surface area contributed by atoms with Gasteiger partial charge < -0.3 is 11.1 Å². The fourth-order valence-electron chi connectivity index (χ4n) is 1.94. The van der Waals surface area contributed by atoms with Crippen LogP contribution in [-0.2, 0) is 11.8 Å². The Balaban J connectivity index is 1.79. The van der Waals surface area contributed by atoms with Gasteiger partial charge in [-0.15, -0.1) is 11.3 Å². The highest BCUT2D eigenvalue weighted by molar-refractivity contribution is 7.10. The molecule has 2 aromatic heterocycles. The number of pyridine rings is 1. The lowest BCUT2D eigenvalue weighted by atomic mass is 9.92. The number of hydrogen-bond acceptors (Lipinski definition) is 3. The van der Waals surface area contributed by atoms with Crippen molar-refractivity contribution in [2.24, 2.45) is 10.7 Å². The van der Waals surface area contributed by atoms with E-state index in [0.29, 0.717) is 12.5 Å². The summed E-state index contributed by atoms with van der Waals surface area (Å²) in [4.78, 5) is 10.1. The molecule has 0 spiro atoms. The van der Waals surface area contributed by atoms with E-state index in [9.17, 15) is 0 Å². The van der Waals surface area contributed by atoms with Crippen LogP contribution < -0.4 is 11.1 Å². The van der Waals surface area contributed by atoms with Gasteiger partial charge >= 0.3 is 0 Å². The first-order valence-corrected chi connectivity index (χ1v) is 7.93. The van der Waals surface area contributed by atoms with E-state index in [-0.39, 0.29) is 5.41 Å². The van der Waals surface area contributed by atoms with Crippen molar-refractivity contribution in [2.45, 2.75) is 25.7 Å². The topological polar surface area (TPSA) is 63.3 Å². The van der Waals surface area contributed by atoms with Crippen molar-refractivity contribution < 1.29 is 0 Å². The summed E-state index contributed by atoms with van der Waals surface area (Å²) in [6, 6.07) is 10.1. The molecule has 0 aliphatic heterocycles. The average molecular weight is 302 g/mol. The molecule has 0 fully saturated rings. The Morgan fingerprint density at radius 3 is 2.86 bits per heavy atom. The lowest BCUT2D eigenvalue weighted by Gasteiger charge is -2.20. The van der Waals surface area contributed by atoms with Crippen molar-refractivity contribution in [1.29, 1.82) is 0 Å². The number of nitrogens with two attached hydrogens (primary N) is 1. The maximum absolute atomic E-state index is 5.92. The second kappa shape index (κ2) is 7.22. The van der Waals surface area contributed by atoms with Crippen molar-refractivity contribution in [1.82, 2.24) is 10.3 Å². The van der Waals surface area contributed by atoms with Gasteiger partial charge in [-0.1, -0.05) is 26.0 Å². The lowest BCUT2D eigenvalue weighted by molar-refractivity contribution is 0.550. The molecule has 2 aromatic rings. The Hall–Kier alpha value is -1.88. The number of thiophene rings is 1. The molecule has 0 saturated heterocycles. The predicted molar refractivity (Wildman–Crippen MR) is 89.8 cm³/mol.